The van der Waals surface area contributed by atoms with Crippen LogP contribution in [0.25, 0.3) is 0 Å². The molecule has 112 valence electrons. The molecule has 1 aromatic heterocycles. The molecule has 0 saturated heterocycles. The number of aryl methyl sites for hydroxylation is 1. The molecule has 0 aliphatic rings. The van der Waals surface area contributed by atoms with Crippen molar-refractivity contribution in [1.29, 1.82) is 0 Å². The van der Waals surface area contributed by atoms with Crippen molar-refractivity contribution in [3.8, 4) is 0 Å². The molecule has 0 bridgehead atoms. The molecule has 0 spiro atoms. The number of anilines is 2. The largest absolute Gasteiger partial charge is 0.465 e. The van der Waals surface area contributed by atoms with Crippen molar-refractivity contribution < 1.29 is 9.53 Å². The number of thiophene rings is 1. The Hall–Kier alpha value is -1.53. The Labute approximate surface area is 136 Å². The third kappa shape index (κ3) is 3.57. The van der Waals surface area contributed by atoms with Gasteiger partial charge in [0.15, 0.2) is 0 Å². The molecular formula is C15H17BrN2O2S. The van der Waals surface area contributed by atoms with Crippen LogP contribution < -0.4 is 10.6 Å². The minimum absolute atomic E-state index is 0.408. The lowest BCUT2D eigenvalue weighted by Crippen LogP contribution is -2.17. The zero-order valence-corrected chi connectivity index (χ0v) is 14.5. The van der Waals surface area contributed by atoms with Gasteiger partial charge in [-0.1, -0.05) is 0 Å². The number of carbonyl (C=O) groups is 1. The van der Waals surface area contributed by atoms with E-state index in [-0.39, 0.29) is 0 Å². The standard InChI is InChI=1S/C15H17BrN2O2S/c1-9-4-11(6-12(14(9)17)15(19)20-3)18(2)7-10-5-13(16)21-8-10/h4-6,8H,7,17H2,1-3H3. The summed E-state index contributed by atoms with van der Waals surface area (Å²) in [7, 11) is 3.34. The van der Waals surface area contributed by atoms with E-state index in [0.29, 0.717) is 11.3 Å². The molecule has 1 heterocycles. The lowest BCUT2D eigenvalue weighted by atomic mass is 10.1. The van der Waals surface area contributed by atoms with Gasteiger partial charge in [-0.15, -0.1) is 11.3 Å². The van der Waals surface area contributed by atoms with E-state index in [1.165, 1.54) is 12.7 Å². The highest BCUT2D eigenvalue weighted by molar-refractivity contribution is 9.11. The number of esters is 1. The number of nitrogens with two attached hydrogens (primary N) is 1. The van der Waals surface area contributed by atoms with E-state index in [1.54, 1.807) is 17.4 Å². The average Bonchev–Trinajstić information content (AvgIpc) is 2.86. The molecule has 0 atom stereocenters. The molecule has 0 saturated carbocycles. The van der Waals surface area contributed by atoms with Crippen molar-refractivity contribution in [2.24, 2.45) is 0 Å². The fraction of sp³-hybridized carbons (Fsp3) is 0.267. The summed E-state index contributed by atoms with van der Waals surface area (Å²) in [6.07, 6.45) is 0. The fourth-order valence-corrected chi connectivity index (χ4v) is 3.27. The molecule has 0 aliphatic heterocycles. The van der Waals surface area contributed by atoms with E-state index in [2.05, 4.69) is 32.3 Å². The maximum absolute atomic E-state index is 11.8. The first kappa shape index (κ1) is 15.9. The first-order valence-electron chi connectivity index (χ1n) is 6.35. The second-order valence-corrected chi connectivity index (χ2v) is 7.12. The summed E-state index contributed by atoms with van der Waals surface area (Å²) in [4.78, 5) is 13.9. The lowest BCUT2D eigenvalue weighted by Gasteiger charge is -2.21. The maximum Gasteiger partial charge on any atom is 0.340 e. The van der Waals surface area contributed by atoms with Crippen LogP contribution in [0.4, 0.5) is 11.4 Å². The van der Waals surface area contributed by atoms with Gasteiger partial charge in [0.2, 0.25) is 0 Å². The summed E-state index contributed by atoms with van der Waals surface area (Å²) in [5.41, 5.74) is 9.85. The zero-order valence-electron chi connectivity index (χ0n) is 12.1. The lowest BCUT2D eigenvalue weighted by molar-refractivity contribution is 0.0602. The number of hydrogen-bond donors (Lipinski definition) is 1. The van der Waals surface area contributed by atoms with Crippen molar-refractivity contribution in [2.75, 3.05) is 24.8 Å². The molecule has 4 nitrogen and oxygen atoms in total. The Bertz CT molecular complexity index is 670. The van der Waals surface area contributed by atoms with E-state index >= 15 is 0 Å². The van der Waals surface area contributed by atoms with E-state index < -0.39 is 5.97 Å². The minimum atomic E-state index is -0.413. The molecule has 0 fully saturated rings. The predicted molar refractivity (Wildman–Crippen MR) is 91.1 cm³/mol. The highest BCUT2D eigenvalue weighted by Crippen LogP contribution is 2.28. The molecule has 0 unspecified atom stereocenters. The van der Waals surface area contributed by atoms with Crippen LogP contribution in [0.5, 0.6) is 0 Å². The average molecular weight is 369 g/mol. The van der Waals surface area contributed by atoms with Crippen molar-refractivity contribution in [1.82, 2.24) is 0 Å². The third-order valence-corrected chi connectivity index (χ3v) is 4.81. The molecule has 6 heteroatoms. The Morgan fingerprint density at radius 2 is 2.14 bits per heavy atom. The van der Waals surface area contributed by atoms with Gasteiger partial charge in [-0.05, 0) is 57.6 Å². The SMILES string of the molecule is COC(=O)c1cc(N(C)Cc2csc(Br)c2)cc(C)c1N. The van der Waals surface area contributed by atoms with Gasteiger partial charge in [-0.2, -0.15) is 0 Å². The van der Waals surface area contributed by atoms with Gasteiger partial charge in [-0.25, -0.2) is 4.79 Å². The number of hydrogen-bond acceptors (Lipinski definition) is 5. The molecule has 0 radical (unpaired) electrons. The Balaban J connectivity index is 2.30. The molecule has 0 amide bonds. The first-order chi connectivity index (χ1) is 9.92. The second-order valence-electron chi connectivity index (χ2n) is 4.83. The summed E-state index contributed by atoms with van der Waals surface area (Å²) >= 11 is 5.12. The van der Waals surface area contributed by atoms with Crippen LogP contribution in [0.2, 0.25) is 0 Å². The number of nitrogens with zero attached hydrogens (tertiary/aromatic N) is 1. The van der Waals surface area contributed by atoms with Crippen LogP contribution in [0, 0.1) is 6.92 Å². The number of benzene rings is 1. The number of methoxy groups -OCH3 is 1. The molecule has 21 heavy (non-hydrogen) atoms. The van der Waals surface area contributed by atoms with Gasteiger partial charge in [0, 0.05) is 25.0 Å². The Morgan fingerprint density at radius 1 is 1.43 bits per heavy atom. The summed E-state index contributed by atoms with van der Waals surface area (Å²) in [5.74, 6) is -0.413. The van der Waals surface area contributed by atoms with Gasteiger partial charge in [0.05, 0.1) is 16.5 Å². The van der Waals surface area contributed by atoms with Crippen LogP contribution in [-0.4, -0.2) is 20.1 Å². The monoisotopic (exact) mass is 368 g/mol. The van der Waals surface area contributed by atoms with E-state index in [4.69, 9.17) is 10.5 Å². The summed E-state index contributed by atoms with van der Waals surface area (Å²) in [5, 5.41) is 2.10. The molecule has 1 aromatic carbocycles. The number of nitrogen functional groups attached to an aromatic ring is 1. The summed E-state index contributed by atoms with van der Waals surface area (Å²) in [6.45, 7) is 2.65. The smallest absolute Gasteiger partial charge is 0.340 e. The van der Waals surface area contributed by atoms with Gasteiger partial charge in [0.1, 0.15) is 0 Å². The summed E-state index contributed by atoms with van der Waals surface area (Å²) < 4.78 is 5.89. The topological polar surface area (TPSA) is 55.6 Å². The third-order valence-electron chi connectivity index (χ3n) is 3.26. The first-order valence-corrected chi connectivity index (χ1v) is 8.02. The second kappa shape index (κ2) is 6.49. The van der Waals surface area contributed by atoms with E-state index in [0.717, 1.165) is 21.6 Å². The highest BCUT2D eigenvalue weighted by Gasteiger charge is 2.15. The zero-order chi connectivity index (χ0) is 15.6. The van der Waals surface area contributed by atoms with Gasteiger partial charge < -0.3 is 15.4 Å². The molecule has 2 aromatic rings. The van der Waals surface area contributed by atoms with Crippen LogP contribution in [0.3, 0.4) is 0 Å². The van der Waals surface area contributed by atoms with Crippen LogP contribution >= 0.6 is 27.3 Å². The molecule has 2 N–H and O–H groups in total. The van der Waals surface area contributed by atoms with Gasteiger partial charge >= 0.3 is 5.97 Å². The molecule has 2 rings (SSSR count). The van der Waals surface area contributed by atoms with Crippen LogP contribution in [-0.2, 0) is 11.3 Å². The van der Waals surface area contributed by atoms with Crippen molar-refractivity contribution >= 4 is 44.6 Å². The number of halogens is 1. The maximum atomic E-state index is 11.8. The summed E-state index contributed by atoms with van der Waals surface area (Å²) in [6, 6.07) is 5.84. The molecular weight excluding hydrogens is 352 g/mol. The minimum Gasteiger partial charge on any atom is -0.465 e. The van der Waals surface area contributed by atoms with Gasteiger partial charge in [-0.3, -0.25) is 0 Å². The van der Waals surface area contributed by atoms with Crippen molar-refractivity contribution in [3.05, 3.63) is 44.1 Å². The highest BCUT2D eigenvalue weighted by atomic mass is 79.9. The van der Waals surface area contributed by atoms with Gasteiger partial charge in [0.25, 0.3) is 0 Å². The molecule has 0 aliphatic carbocycles. The van der Waals surface area contributed by atoms with Crippen LogP contribution in [0.1, 0.15) is 21.5 Å². The number of rotatable bonds is 4. The van der Waals surface area contributed by atoms with Crippen molar-refractivity contribution in [3.63, 3.8) is 0 Å². The van der Waals surface area contributed by atoms with E-state index in [9.17, 15) is 4.79 Å². The quantitative estimate of drug-likeness (QED) is 0.658. The Kier molecular flexibility index (Phi) is 4.90. The predicted octanol–water partition coefficient (Wildman–Crippen LogP) is 3.82. The Morgan fingerprint density at radius 3 is 2.71 bits per heavy atom. The number of carbonyl (C=O) groups excluding carboxylic acids is 1. The van der Waals surface area contributed by atoms with Crippen molar-refractivity contribution in [2.45, 2.75) is 13.5 Å². The number of ether oxygens (including phenoxy) is 1. The fourth-order valence-electron chi connectivity index (χ4n) is 2.07. The van der Waals surface area contributed by atoms with E-state index in [1.807, 2.05) is 20.0 Å². The normalized spacial score (nSPS) is 10.5. The van der Waals surface area contributed by atoms with Crippen LogP contribution in [0.15, 0.2) is 27.4 Å².